The van der Waals surface area contributed by atoms with Crippen LogP contribution in [0, 0.1) is 6.92 Å². The largest absolute Gasteiger partial charge is 0.341 e. The van der Waals surface area contributed by atoms with Gasteiger partial charge in [-0.25, -0.2) is 4.98 Å². The van der Waals surface area contributed by atoms with E-state index in [2.05, 4.69) is 47.2 Å². The molecule has 3 nitrogen and oxygen atoms in total. The molecular weight excluding hydrogens is 246 g/mol. The fraction of sp³-hybridized carbons (Fsp3) is 0.235. The minimum Gasteiger partial charge on any atom is -0.341 e. The van der Waals surface area contributed by atoms with Gasteiger partial charge in [0.1, 0.15) is 5.82 Å². The minimum atomic E-state index is -0.0537. The molecule has 0 bridgehead atoms. The van der Waals surface area contributed by atoms with Crippen LogP contribution in [0.4, 0.5) is 0 Å². The summed E-state index contributed by atoms with van der Waals surface area (Å²) in [6.07, 6.45) is 1.86. The van der Waals surface area contributed by atoms with Crippen LogP contribution in [0.25, 0.3) is 11.0 Å². The molecule has 1 atom stereocenters. The summed E-state index contributed by atoms with van der Waals surface area (Å²) in [5.41, 5.74) is 10.8. The number of fused-ring (bicyclic) bond motifs is 1. The first-order chi connectivity index (χ1) is 9.74. The normalized spacial score (nSPS) is 12.7. The highest BCUT2D eigenvalue weighted by Crippen LogP contribution is 2.20. The van der Waals surface area contributed by atoms with Crippen molar-refractivity contribution in [2.24, 2.45) is 5.73 Å². The minimum absolute atomic E-state index is 0.0537. The van der Waals surface area contributed by atoms with E-state index in [0.29, 0.717) is 0 Å². The zero-order valence-electron chi connectivity index (χ0n) is 11.6. The SMILES string of the molecule is Cc1cccc2[nH]c(C(N)CCc3ccccc3)nc12. The van der Waals surface area contributed by atoms with Crippen molar-refractivity contribution < 1.29 is 0 Å². The number of hydrogen-bond donors (Lipinski definition) is 2. The number of rotatable bonds is 4. The smallest absolute Gasteiger partial charge is 0.124 e. The summed E-state index contributed by atoms with van der Waals surface area (Å²) in [5.74, 6) is 0.880. The van der Waals surface area contributed by atoms with E-state index < -0.39 is 0 Å². The number of nitrogens with two attached hydrogens (primary N) is 1. The Labute approximate surface area is 118 Å². The number of aryl methyl sites for hydroxylation is 2. The molecule has 0 radical (unpaired) electrons. The van der Waals surface area contributed by atoms with Crippen LogP contribution in [0.2, 0.25) is 0 Å². The summed E-state index contributed by atoms with van der Waals surface area (Å²) in [4.78, 5) is 7.98. The highest BCUT2D eigenvalue weighted by molar-refractivity contribution is 5.78. The van der Waals surface area contributed by atoms with E-state index in [-0.39, 0.29) is 6.04 Å². The van der Waals surface area contributed by atoms with E-state index in [9.17, 15) is 0 Å². The van der Waals surface area contributed by atoms with Crippen LogP contribution >= 0.6 is 0 Å². The summed E-state index contributed by atoms with van der Waals surface area (Å²) in [5, 5.41) is 0. The zero-order chi connectivity index (χ0) is 13.9. The predicted molar refractivity (Wildman–Crippen MR) is 82.5 cm³/mol. The lowest BCUT2D eigenvalue weighted by Gasteiger charge is -2.08. The lowest BCUT2D eigenvalue weighted by atomic mass is 10.1. The molecule has 3 rings (SSSR count). The maximum absolute atomic E-state index is 6.26. The molecule has 20 heavy (non-hydrogen) atoms. The van der Waals surface area contributed by atoms with Gasteiger partial charge in [0.05, 0.1) is 17.1 Å². The molecule has 3 heteroatoms. The van der Waals surface area contributed by atoms with Gasteiger partial charge in [-0.1, -0.05) is 42.5 Å². The average molecular weight is 265 g/mol. The van der Waals surface area contributed by atoms with Gasteiger partial charge in [-0.2, -0.15) is 0 Å². The molecule has 0 aliphatic heterocycles. The number of aromatic nitrogens is 2. The number of hydrogen-bond acceptors (Lipinski definition) is 2. The van der Waals surface area contributed by atoms with Crippen molar-refractivity contribution in [2.75, 3.05) is 0 Å². The van der Waals surface area contributed by atoms with Gasteiger partial charge in [0, 0.05) is 0 Å². The number of para-hydroxylation sites is 1. The zero-order valence-corrected chi connectivity index (χ0v) is 11.6. The molecule has 0 amide bonds. The van der Waals surface area contributed by atoms with E-state index in [0.717, 1.165) is 29.7 Å². The lowest BCUT2D eigenvalue weighted by Crippen LogP contribution is -2.13. The van der Waals surface area contributed by atoms with Crippen LogP contribution in [0.1, 0.15) is 29.4 Å². The molecule has 2 aromatic carbocycles. The van der Waals surface area contributed by atoms with Gasteiger partial charge in [-0.3, -0.25) is 0 Å². The van der Waals surface area contributed by atoms with Crippen molar-refractivity contribution >= 4 is 11.0 Å². The molecule has 0 aliphatic carbocycles. The summed E-state index contributed by atoms with van der Waals surface area (Å²) < 4.78 is 0. The van der Waals surface area contributed by atoms with Gasteiger partial charge in [0.25, 0.3) is 0 Å². The van der Waals surface area contributed by atoms with E-state index in [1.807, 2.05) is 18.2 Å². The molecule has 1 aromatic heterocycles. The maximum Gasteiger partial charge on any atom is 0.124 e. The molecule has 3 N–H and O–H groups in total. The van der Waals surface area contributed by atoms with Crippen molar-refractivity contribution in [3.05, 3.63) is 65.5 Å². The van der Waals surface area contributed by atoms with Gasteiger partial charge in [0.2, 0.25) is 0 Å². The highest BCUT2D eigenvalue weighted by Gasteiger charge is 2.12. The fourth-order valence-corrected chi connectivity index (χ4v) is 2.47. The summed E-state index contributed by atoms with van der Waals surface area (Å²) in [6, 6.07) is 16.5. The molecule has 0 aliphatic rings. The monoisotopic (exact) mass is 265 g/mol. The Morgan fingerprint density at radius 1 is 1.10 bits per heavy atom. The standard InChI is InChI=1S/C17H19N3/c1-12-6-5-9-15-16(12)20-17(19-15)14(18)11-10-13-7-3-2-4-8-13/h2-9,14H,10-11,18H2,1H3,(H,19,20). The number of nitrogens with zero attached hydrogens (tertiary/aromatic N) is 1. The third kappa shape index (κ3) is 2.58. The first-order valence-electron chi connectivity index (χ1n) is 6.99. The van der Waals surface area contributed by atoms with Crippen LogP contribution in [-0.4, -0.2) is 9.97 Å². The molecule has 0 fully saturated rings. The van der Waals surface area contributed by atoms with Crippen molar-refractivity contribution in [1.82, 2.24) is 9.97 Å². The van der Waals surface area contributed by atoms with Crippen LogP contribution in [0.3, 0.4) is 0 Å². The fourth-order valence-electron chi connectivity index (χ4n) is 2.47. The van der Waals surface area contributed by atoms with E-state index >= 15 is 0 Å². The van der Waals surface area contributed by atoms with Crippen molar-refractivity contribution in [3.63, 3.8) is 0 Å². The highest BCUT2D eigenvalue weighted by atomic mass is 15.0. The van der Waals surface area contributed by atoms with Gasteiger partial charge in [-0.05, 0) is 37.0 Å². The lowest BCUT2D eigenvalue weighted by molar-refractivity contribution is 0.621. The second-order valence-electron chi connectivity index (χ2n) is 5.22. The molecule has 0 spiro atoms. The van der Waals surface area contributed by atoms with E-state index in [1.54, 1.807) is 0 Å². The molecule has 0 saturated carbocycles. The van der Waals surface area contributed by atoms with Gasteiger partial charge >= 0.3 is 0 Å². The number of H-pyrrole nitrogens is 1. The summed E-state index contributed by atoms with van der Waals surface area (Å²) in [6.45, 7) is 2.07. The van der Waals surface area contributed by atoms with E-state index in [4.69, 9.17) is 5.73 Å². The molecule has 102 valence electrons. The molecule has 3 aromatic rings. The van der Waals surface area contributed by atoms with Gasteiger partial charge < -0.3 is 10.7 Å². The molecular formula is C17H19N3. The molecule has 1 heterocycles. The molecule has 1 unspecified atom stereocenters. The second kappa shape index (κ2) is 5.47. The Morgan fingerprint density at radius 3 is 2.65 bits per heavy atom. The third-order valence-corrected chi connectivity index (χ3v) is 3.67. The topological polar surface area (TPSA) is 54.7 Å². The Hall–Kier alpha value is -2.13. The Morgan fingerprint density at radius 2 is 1.90 bits per heavy atom. The number of imidazole rings is 1. The van der Waals surface area contributed by atoms with Crippen molar-refractivity contribution in [1.29, 1.82) is 0 Å². The Balaban J connectivity index is 1.75. The number of aromatic amines is 1. The van der Waals surface area contributed by atoms with Crippen LogP contribution in [-0.2, 0) is 6.42 Å². The van der Waals surface area contributed by atoms with Gasteiger partial charge in [-0.15, -0.1) is 0 Å². The second-order valence-corrected chi connectivity index (χ2v) is 5.22. The predicted octanol–water partition coefficient (Wildman–Crippen LogP) is 3.50. The third-order valence-electron chi connectivity index (χ3n) is 3.67. The van der Waals surface area contributed by atoms with Crippen LogP contribution in [0.15, 0.2) is 48.5 Å². The molecule has 0 saturated heterocycles. The van der Waals surface area contributed by atoms with Crippen molar-refractivity contribution in [2.45, 2.75) is 25.8 Å². The van der Waals surface area contributed by atoms with Crippen molar-refractivity contribution in [3.8, 4) is 0 Å². The Bertz CT molecular complexity index is 701. The average Bonchev–Trinajstić information content (AvgIpc) is 2.91. The number of benzene rings is 2. The maximum atomic E-state index is 6.26. The number of nitrogens with one attached hydrogen (secondary N) is 1. The van der Waals surface area contributed by atoms with Gasteiger partial charge in [0.15, 0.2) is 0 Å². The first kappa shape index (κ1) is 12.9. The quantitative estimate of drug-likeness (QED) is 0.758. The summed E-state index contributed by atoms with van der Waals surface area (Å²) >= 11 is 0. The van der Waals surface area contributed by atoms with E-state index in [1.165, 1.54) is 11.1 Å². The Kier molecular flexibility index (Phi) is 3.52. The summed E-state index contributed by atoms with van der Waals surface area (Å²) in [7, 11) is 0. The van der Waals surface area contributed by atoms with Crippen LogP contribution < -0.4 is 5.73 Å². The first-order valence-corrected chi connectivity index (χ1v) is 6.99. The van der Waals surface area contributed by atoms with Crippen LogP contribution in [0.5, 0.6) is 0 Å².